The van der Waals surface area contributed by atoms with E-state index in [9.17, 15) is 4.39 Å². The summed E-state index contributed by atoms with van der Waals surface area (Å²) in [5.41, 5.74) is 9.91. The molecule has 3 aromatic rings. The van der Waals surface area contributed by atoms with Gasteiger partial charge in [-0.2, -0.15) is 0 Å². The lowest BCUT2D eigenvalue weighted by Crippen LogP contribution is -2.28. The van der Waals surface area contributed by atoms with Gasteiger partial charge in [0.25, 0.3) is 0 Å². The van der Waals surface area contributed by atoms with Crippen molar-refractivity contribution in [3.8, 4) is 16.9 Å². The highest BCUT2D eigenvalue weighted by Gasteiger charge is 2.23. The highest BCUT2D eigenvalue weighted by Crippen LogP contribution is 2.32. The largest absolute Gasteiger partial charge is 0.490 e. The molecule has 3 nitrogen and oxygen atoms in total. The summed E-state index contributed by atoms with van der Waals surface area (Å²) in [5, 5.41) is 0. The highest BCUT2D eigenvalue weighted by atomic mass is 79.9. The van der Waals surface area contributed by atoms with Gasteiger partial charge < -0.3 is 15.2 Å². The fourth-order valence-electron chi connectivity index (χ4n) is 4.28. The lowest BCUT2D eigenvalue weighted by molar-refractivity contribution is -0.00662. The van der Waals surface area contributed by atoms with Gasteiger partial charge in [0.05, 0.1) is 18.8 Å². The Morgan fingerprint density at radius 1 is 0.906 bits per heavy atom. The molecule has 0 unspecified atom stereocenters. The Morgan fingerprint density at radius 2 is 1.69 bits per heavy atom. The first-order valence-corrected chi connectivity index (χ1v) is 12.0. The van der Waals surface area contributed by atoms with E-state index in [4.69, 9.17) is 15.2 Å². The van der Waals surface area contributed by atoms with Gasteiger partial charge in [-0.3, -0.25) is 0 Å². The van der Waals surface area contributed by atoms with Gasteiger partial charge in [0.2, 0.25) is 0 Å². The summed E-state index contributed by atoms with van der Waals surface area (Å²) in [5.74, 6) is 0.581. The van der Waals surface area contributed by atoms with Crippen molar-refractivity contribution < 1.29 is 13.9 Å². The van der Waals surface area contributed by atoms with E-state index in [1.807, 2.05) is 30.3 Å². The Kier molecular flexibility index (Phi) is 7.95. The summed E-state index contributed by atoms with van der Waals surface area (Å²) in [6.45, 7) is 1.18. The van der Waals surface area contributed by atoms with Crippen molar-refractivity contribution in [1.29, 1.82) is 0 Å². The van der Waals surface area contributed by atoms with Crippen LogP contribution in [0.25, 0.3) is 11.1 Å². The average Bonchev–Trinajstić information content (AvgIpc) is 2.80. The van der Waals surface area contributed by atoms with E-state index in [-0.39, 0.29) is 18.0 Å². The van der Waals surface area contributed by atoms with Gasteiger partial charge in [0.15, 0.2) is 0 Å². The first kappa shape index (κ1) is 23.0. The molecule has 0 bridgehead atoms. The summed E-state index contributed by atoms with van der Waals surface area (Å²) < 4.78 is 27.3. The molecule has 0 aromatic heterocycles. The van der Waals surface area contributed by atoms with Gasteiger partial charge in [0.1, 0.15) is 11.6 Å². The van der Waals surface area contributed by atoms with Crippen molar-refractivity contribution in [2.24, 2.45) is 5.73 Å². The van der Waals surface area contributed by atoms with Crippen LogP contribution in [0, 0.1) is 5.82 Å². The lowest BCUT2D eigenvalue weighted by atomic mass is 9.94. The van der Waals surface area contributed by atoms with E-state index in [1.54, 1.807) is 12.1 Å². The van der Waals surface area contributed by atoms with Crippen LogP contribution in [0.15, 0.2) is 71.2 Å². The maximum absolute atomic E-state index is 13.8. The van der Waals surface area contributed by atoms with E-state index in [2.05, 4.69) is 34.1 Å². The molecule has 0 heterocycles. The summed E-state index contributed by atoms with van der Waals surface area (Å²) in [7, 11) is 0. The molecule has 0 radical (unpaired) electrons. The summed E-state index contributed by atoms with van der Waals surface area (Å²) in [6.07, 6.45) is 5.07. The van der Waals surface area contributed by atoms with Crippen LogP contribution >= 0.6 is 15.9 Å². The molecule has 4 rings (SSSR count). The molecule has 0 saturated heterocycles. The Bertz CT molecular complexity index is 1030. The van der Waals surface area contributed by atoms with Crippen molar-refractivity contribution in [3.63, 3.8) is 0 Å². The van der Waals surface area contributed by atoms with E-state index in [1.165, 1.54) is 11.6 Å². The van der Waals surface area contributed by atoms with Gasteiger partial charge in [-0.25, -0.2) is 4.39 Å². The Labute approximate surface area is 197 Å². The molecular weight excluding hydrogens is 469 g/mol. The normalized spacial score (nSPS) is 18.5. The van der Waals surface area contributed by atoms with Crippen molar-refractivity contribution in [2.45, 2.75) is 50.9 Å². The van der Waals surface area contributed by atoms with Crippen LogP contribution in [-0.2, 0) is 17.8 Å². The van der Waals surface area contributed by atoms with Gasteiger partial charge in [-0.05, 0) is 97.3 Å². The Morgan fingerprint density at radius 3 is 2.44 bits per heavy atom. The van der Waals surface area contributed by atoms with Gasteiger partial charge in [0, 0.05) is 4.47 Å². The molecule has 0 spiro atoms. The minimum atomic E-state index is -0.242. The molecule has 1 fully saturated rings. The van der Waals surface area contributed by atoms with E-state index in [0.717, 1.165) is 59.0 Å². The molecular formula is C27H29BrFNO2. The third kappa shape index (κ3) is 6.18. The third-order valence-corrected chi connectivity index (χ3v) is 6.42. The Hall–Kier alpha value is -2.21. The number of rotatable bonds is 8. The molecule has 32 heavy (non-hydrogen) atoms. The zero-order chi connectivity index (χ0) is 22.3. The zero-order valence-corrected chi connectivity index (χ0v) is 19.7. The maximum Gasteiger partial charge on any atom is 0.123 e. The minimum Gasteiger partial charge on any atom is -0.490 e. The molecule has 0 atom stereocenters. The van der Waals surface area contributed by atoms with Crippen molar-refractivity contribution in [2.75, 3.05) is 6.54 Å². The molecule has 0 aliphatic heterocycles. The number of ether oxygens (including phenoxy) is 2. The van der Waals surface area contributed by atoms with E-state index >= 15 is 0 Å². The fourth-order valence-corrected chi connectivity index (χ4v) is 4.72. The molecule has 3 aromatic carbocycles. The van der Waals surface area contributed by atoms with Crippen molar-refractivity contribution >= 4 is 15.9 Å². The molecule has 168 valence electrons. The minimum absolute atomic E-state index is 0.168. The van der Waals surface area contributed by atoms with Crippen LogP contribution in [0.1, 0.15) is 36.8 Å². The monoisotopic (exact) mass is 497 g/mol. The van der Waals surface area contributed by atoms with Gasteiger partial charge in [-0.1, -0.05) is 46.3 Å². The lowest BCUT2D eigenvalue weighted by Gasteiger charge is -2.29. The number of hydrogen-bond acceptors (Lipinski definition) is 3. The van der Waals surface area contributed by atoms with Crippen LogP contribution in [0.5, 0.6) is 5.75 Å². The summed E-state index contributed by atoms with van der Waals surface area (Å²) >= 11 is 3.51. The predicted octanol–water partition coefficient (Wildman–Crippen LogP) is 6.66. The standard InChI is InChI=1S/C27H29BrFNO2/c28-22-5-1-3-19(15-22)18-31-24-9-11-25(12-10-24)32-26-8-7-20(13-14-30)27(17-26)21-4-2-6-23(29)16-21/h1-8,15-17,24-25H,9-14,18,30H2. The van der Waals surface area contributed by atoms with E-state index in [0.29, 0.717) is 13.2 Å². The van der Waals surface area contributed by atoms with Crippen LogP contribution in [0.4, 0.5) is 4.39 Å². The van der Waals surface area contributed by atoms with Crippen molar-refractivity contribution in [3.05, 3.63) is 88.1 Å². The second-order valence-corrected chi connectivity index (χ2v) is 9.24. The second kappa shape index (κ2) is 11.1. The summed E-state index contributed by atoms with van der Waals surface area (Å²) in [4.78, 5) is 0. The van der Waals surface area contributed by atoms with Gasteiger partial charge in [-0.15, -0.1) is 0 Å². The van der Waals surface area contributed by atoms with Crippen molar-refractivity contribution in [1.82, 2.24) is 0 Å². The maximum atomic E-state index is 13.8. The number of halogens is 2. The molecule has 1 aliphatic carbocycles. The molecule has 0 amide bonds. The smallest absolute Gasteiger partial charge is 0.123 e. The average molecular weight is 498 g/mol. The number of nitrogens with two attached hydrogens (primary N) is 1. The zero-order valence-electron chi connectivity index (χ0n) is 18.1. The first-order chi connectivity index (χ1) is 15.6. The van der Waals surface area contributed by atoms with Crippen LogP contribution in [-0.4, -0.2) is 18.8 Å². The van der Waals surface area contributed by atoms with Crippen LogP contribution in [0.2, 0.25) is 0 Å². The molecule has 5 heteroatoms. The molecule has 1 saturated carbocycles. The highest BCUT2D eigenvalue weighted by molar-refractivity contribution is 9.10. The predicted molar refractivity (Wildman–Crippen MR) is 130 cm³/mol. The first-order valence-electron chi connectivity index (χ1n) is 11.2. The quantitative estimate of drug-likeness (QED) is 0.378. The van der Waals surface area contributed by atoms with Gasteiger partial charge >= 0.3 is 0 Å². The number of hydrogen-bond donors (Lipinski definition) is 1. The molecule has 2 N–H and O–H groups in total. The fraction of sp³-hybridized carbons (Fsp3) is 0.333. The third-order valence-electron chi connectivity index (χ3n) is 5.93. The topological polar surface area (TPSA) is 44.5 Å². The van der Waals surface area contributed by atoms with E-state index < -0.39 is 0 Å². The van der Waals surface area contributed by atoms with Crippen LogP contribution in [0.3, 0.4) is 0 Å². The number of benzene rings is 3. The molecule has 1 aliphatic rings. The Balaban J connectivity index is 1.36. The van der Waals surface area contributed by atoms with Crippen LogP contribution < -0.4 is 10.5 Å². The SMILES string of the molecule is NCCc1ccc(OC2CCC(OCc3cccc(Br)c3)CC2)cc1-c1cccc(F)c1. The second-order valence-electron chi connectivity index (χ2n) is 8.33. The summed E-state index contributed by atoms with van der Waals surface area (Å²) in [6, 6.07) is 21.0.